The minimum atomic E-state index is -4.93. The molecule has 0 aliphatic heterocycles. The van der Waals surface area contributed by atoms with Crippen molar-refractivity contribution in [2.75, 3.05) is 11.9 Å². The summed E-state index contributed by atoms with van der Waals surface area (Å²) in [6, 6.07) is 6.67. The Labute approximate surface area is 163 Å². The van der Waals surface area contributed by atoms with Gasteiger partial charge in [0.05, 0.1) is 0 Å². The van der Waals surface area contributed by atoms with E-state index in [1.165, 1.54) is 56.0 Å². The van der Waals surface area contributed by atoms with Crippen molar-refractivity contribution in [2.24, 2.45) is 7.05 Å². The largest absolute Gasteiger partial charge is 0.439 e. The lowest BCUT2D eigenvalue weighted by atomic mass is 9.97. The van der Waals surface area contributed by atoms with Crippen molar-refractivity contribution in [2.45, 2.75) is 18.2 Å². The lowest BCUT2D eigenvalue weighted by molar-refractivity contribution is -0.271. The first-order valence-electron chi connectivity index (χ1n) is 8.46. The van der Waals surface area contributed by atoms with Crippen molar-refractivity contribution in [3.05, 3.63) is 60.6 Å². The number of nitrogens with one attached hydrogen (secondary N) is 1. The molecule has 7 nitrogen and oxygen atoms in total. The quantitative estimate of drug-likeness (QED) is 0.580. The fraction of sp³-hybridized carbons (Fsp3) is 0.278. The van der Waals surface area contributed by atoms with E-state index >= 15 is 0 Å². The molecule has 0 aliphatic carbocycles. The fourth-order valence-corrected chi connectivity index (χ4v) is 2.61. The van der Waals surface area contributed by atoms with Gasteiger partial charge in [0.2, 0.25) is 17.4 Å². The van der Waals surface area contributed by atoms with Crippen molar-refractivity contribution in [1.82, 2.24) is 19.5 Å². The van der Waals surface area contributed by atoms with Gasteiger partial charge in [-0.05, 0) is 24.3 Å². The van der Waals surface area contributed by atoms with Gasteiger partial charge >= 0.3 is 6.18 Å². The Bertz CT molecular complexity index is 961. The van der Waals surface area contributed by atoms with Gasteiger partial charge < -0.3 is 19.7 Å². The standard InChI is InChI=1S/C18H17F4N5O2/c1-27-11-10-23-15(27)17(28,18(20,21)22)7-9-25-16-24-8-6-14(26-16)29-13-4-2-12(19)3-5-13/h2-6,8,10-11,28H,7,9H2,1H3,(H,24,25,26). The Morgan fingerprint density at radius 2 is 1.83 bits per heavy atom. The van der Waals surface area contributed by atoms with Crippen LogP contribution in [-0.4, -0.2) is 37.3 Å². The van der Waals surface area contributed by atoms with Gasteiger partial charge in [-0.15, -0.1) is 0 Å². The molecule has 1 aromatic carbocycles. The molecule has 3 aromatic rings. The summed E-state index contributed by atoms with van der Waals surface area (Å²) in [5, 5.41) is 12.9. The van der Waals surface area contributed by atoms with Crippen LogP contribution in [-0.2, 0) is 12.6 Å². The summed E-state index contributed by atoms with van der Waals surface area (Å²) < 4.78 is 60.0. The first-order chi connectivity index (χ1) is 13.7. The Morgan fingerprint density at radius 1 is 1.10 bits per heavy atom. The molecule has 154 valence electrons. The summed E-state index contributed by atoms with van der Waals surface area (Å²) in [5.41, 5.74) is -3.14. The average Bonchev–Trinajstić information content (AvgIpc) is 3.09. The molecule has 0 bridgehead atoms. The van der Waals surface area contributed by atoms with Crippen LogP contribution in [0.3, 0.4) is 0 Å². The first-order valence-corrected chi connectivity index (χ1v) is 8.46. The molecule has 0 fully saturated rings. The summed E-state index contributed by atoms with van der Waals surface area (Å²) in [6.07, 6.45) is -1.80. The van der Waals surface area contributed by atoms with Gasteiger partial charge in [-0.25, -0.2) is 14.4 Å². The third-order valence-corrected chi connectivity index (χ3v) is 4.10. The predicted octanol–water partition coefficient (Wildman–Crippen LogP) is 3.39. The molecular weight excluding hydrogens is 394 g/mol. The van der Waals surface area contributed by atoms with Gasteiger partial charge in [0.15, 0.2) is 0 Å². The highest BCUT2D eigenvalue weighted by atomic mass is 19.4. The van der Waals surface area contributed by atoms with E-state index in [0.29, 0.717) is 5.75 Å². The van der Waals surface area contributed by atoms with Crippen LogP contribution in [0.1, 0.15) is 12.2 Å². The number of alkyl halides is 3. The highest BCUT2D eigenvalue weighted by molar-refractivity contribution is 5.31. The zero-order chi connectivity index (χ0) is 21.1. The topological polar surface area (TPSA) is 85.1 Å². The highest BCUT2D eigenvalue weighted by Gasteiger charge is 2.57. The van der Waals surface area contributed by atoms with Crippen LogP contribution in [0.4, 0.5) is 23.5 Å². The van der Waals surface area contributed by atoms with Crippen molar-refractivity contribution < 1.29 is 27.4 Å². The molecule has 29 heavy (non-hydrogen) atoms. The maximum Gasteiger partial charge on any atom is 0.424 e. The number of hydrogen-bond acceptors (Lipinski definition) is 6. The second kappa shape index (κ2) is 8.03. The Morgan fingerprint density at radius 3 is 2.45 bits per heavy atom. The number of nitrogens with zero attached hydrogens (tertiary/aromatic N) is 4. The van der Waals surface area contributed by atoms with E-state index in [1.54, 1.807) is 0 Å². The molecule has 0 amide bonds. The Balaban J connectivity index is 1.67. The number of aryl methyl sites for hydroxylation is 1. The third kappa shape index (κ3) is 4.62. The summed E-state index contributed by atoms with van der Waals surface area (Å²) in [4.78, 5) is 11.6. The predicted molar refractivity (Wildman–Crippen MR) is 94.8 cm³/mol. The smallest absolute Gasteiger partial charge is 0.424 e. The summed E-state index contributed by atoms with van der Waals surface area (Å²) in [7, 11) is 1.37. The van der Waals surface area contributed by atoms with Crippen LogP contribution in [0.5, 0.6) is 11.6 Å². The van der Waals surface area contributed by atoms with E-state index in [-0.39, 0.29) is 18.4 Å². The summed E-state index contributed by atoms with van der Waals surface area (Å²) in [5.74, 6) is -0.482. The number of ether oxygens (including phenoxy) is 1. The van der Waals surface area contributed by atoms with E-state index in [2.05, 4.69) is 20.3 Å². The molecule has 0 saturated carbocycles. The summed E-state index contributed by atoms with van der Waals surface area (Å²) >= 11 is 0. The van der Waals surface area contributed by atoms with Crippen LogP contribution in [0.2, 0.25) is 0 Å². The van der Waals surface area contributed by atoms with Gasteiger partial charge in [-0.1, -0.05) is 0 Å². The van der Waals surface area contributed by atoms with E-state index in [4.69, 9.17) is 4.74 Å². The number of imidazole rings is 1. The van der Waals surface area contributed by atoms with Gasteiger partial charge in [-0.2, -0.15) is 18.2 Å². The molecule has 0 saturated heterocycles. The van der Waals surface area contributed by atoms with Gasteiger partial charge in [-0.3, -0.25) is 0 Å². The van der Waals surface area contributed by atoms with Crippen LogP contribution in [0.25, 0.3) is 0 Å². The molecule has 3 rings (SSSR count). The van der Waals surface area contributed by atoms with Crippen LogP contribution in [0, 0.1) is 5.82 Å². The van der Waals surface area contributed by atoms with Crippen molar-refractivity contribution in [3.8, 4) is 11.6 Å². The second-order valence-electron chi connectivity index (χ2n) is 6.17. The Hall–Kier alpha value is -3.21. The van der Waals surface area contributed by atoms with Crippen molar-refractivity contribution in [1.29, 1.82) is 0 Å². The molecule has 11 heteroatoms. The number of halogens is 4. The van der Waals surface area contributed by atoms with Gasteiger partial charge in [0.1, 0.15) is 17.4 Å². The summed E-state index contributed by atoms with van der Waals surface area (Å²) in [6.45, 7) is -0.289. The van der Waals surface area contributed by atoms with Crippen molar-refractivity contribution in [3.63, 3.8) is 0 Å². The molecule has 0 radical (unpaired) electrons. The van der Waals surface area contributed by atoms with Crippen molar-refractivity contribution >= 4 is 5.95 Å². The zero-order valence-electron chi connectivity index (χ0n) is 15.2. The highest BCUT2D eigenvalue weighted by Crippen LogP contribution is 2.40. The van der Waals surface area contributed by atoms with E-state index in [1.807, 2.05) is 0 Å². The number of hydrogen-bond donors (Lipinski definition) is 2. The monoisotopic (exact) mass is 411 g/mol. The number of rotatable bonds is 7. The molecule has 1 atom stereocenters. The second-order valence-corrected chi connectivity index (χ2v) is 6.17. The number of anilines is 1. The van der Waals surface area contributed by atoms with Crippen LogP contribution >= 0.6 is 0 Å². The number of benzene rings is 1. The average molecular weight is 411 g/mol. The minimum absolute atomic E-state index is 0.00831. The lowest BCUT2D eigenvalue weighted by Crippen LogP contribution is -2.45. The molecule has 2 aromatic heterocycles. The number of aromatic nitrogens is 4. The fourth-order valence-electron chi connectivity index (χ4n) is 2.61. The van der Waals surface area contributed by atoms with Gasteiger partial charge in [0.25, 0.3) is 0 Å². The molecule has 0 spiro atoms. The number of aliphatic hydroxyl groups is 1. The minimum Gasteiger partial charge on any atom is -0.439 e. The third-order valence-electron chi connectivity index (χ3n) is 4.10. The molecule has 2 heterocycles. The first kappa shape index (κ1) is 20.5. The van der Waals surface area contributed by atoms with E-state index < -0.39 is 29.8 Å². The van der Waals surface area contributed by atoms with E-state index in [0.717, 1.165) is 4.57 Å². The van der Waals surface area contributed by atoms with Gasteiger partial charge in [0, 0.05) is 44.7 Å². The van der Waals surface area contributed by atoms with Crippen LogP contribution in [0.15, 0.2) is 48.9 Å². The molecule has 0 aliphatic rings. The zero-order valence-corrected chi connectivity index (χ0v) is 15.2. The normalized spacial score (nSPS) is 13.7. The Kier molecular flexibility index (Phi) is 5.69. The molecule has 1 unspecified atom stereocenters. The molecular formula is C18H17F4N5O2. The maximum atomic E-state index is 13.5. The lowest BCUT2D eigenvalue weighted by Gasteiger charge is -2.29. The van der Waals surface area contributed by atoms with E-state index in [9.17, 15) is 22.7 Å². The molecule has 2 N–H and O–H groups in total. The SMILES string of the molecule is Cn1ccnc1C(O)(CCNc1nccc(Oc2ccc(F)cc2)n1)C(F)(F)F. The maximum absolute atomic E-state index is 13.5. The van der Waals surface area contributed by atoms with Crippen LogP contribution < -0.4 is 10.1 Å².